The van der Waals surface area contributed by atoms with Gasteiger partial charge >= 0.3 is 6.09 Å². The number of carbonyl (C=O) groups is 1. The van der Waals surface area contributed by atoms with Gasteiger partial charge in [0.1, 0.15) is 0 Å². The van der Waals surface area contributed by atoms with Crippen LogP contribution in [-0.2, 0) is 4.74 Å². The number of nitrogens with one attached hydrogen (secondary N) is 1. The van der Waals surface area contributed by atoms with E-state index in [1.807, 2.05) is 0 Å². The molecular weight excluding hydrogens is 156 g/mol. The number of hydrogen-bond acceptors (Lipinski definition) is 3. The Bertz CT molecular complexity index is 144. The minimum atomic E-state index is -0.675. The van der Waals surface area contributed by atoms with Gasteiger partial charge in [-0.1, -0.05) is 6.42 Å². The molecule has 1 unspecified atom stereocenters. The minimum absolute atomic E-state index is 0.438. The Morgan fingerprint density at radius 2 is 2.42 bits per heavy atom. The van der Waals surface area contributed by atoms with Crippen molar-refractivity contribution in [1.82, 2.24) is 5.32 Å². The Labute approximate surface area is 72.5 Å². The number of hydrogen-bond donors (Lipinski definition) is 2. The Kier molecular flexibility index (Phi) is 3.87. The van der Waals surface area contributed by atoms with Crippen molar-refractivity contribution in [2.45, 2.75) is 31.7 Å². The summed E-state index contributed by atoms with van der Waals surface area (Å²) in [5.41, 5.74) is 4.83. The normalized spacial score (nSPS) is 23.5. The second kappa shape index (κ2) is 4.98. The van der Waals surface area contributed by atoms with E-state index in [4.69, 9.17) is 5.73 Å². The van der Waals surface area contributed by atoms with Crippen LogP contribution in [0.1, 0.15) is 25.7 Å². The highest BCUT2D eigenvalue weighted by Gasteiger charge is 2.12. The maximum Gasteiger partial charge on any atom is 0.404 e. The third-order valence-electron chi connectivity index (χ3n) is 2.12. The van der Waals surface area contributed by atoms with Gasteiger partial charge in [-0.25, -0.2) is 4.79 Å². The van der Waals surface area contributed by atoms with Crippen molar-refractivity contribution in [2.75, 3.05) is 13.2 Å². The molecule has 0 aromatic carbocycles. The molecule has 4 heteroatoms. The highest BCUT2D eigenvalue weighted by atomic mass is 16.5. The third kappa shape index (κ3) is 3.57. The van der Waals surface area contributed by atoms with Crippen LogP contribution < -0.4 is 11.1 Å². The molecule has 0 aliphatic carbocycles. The zero-order chi connectivity index (χ0) is 8.81. The summed E-state index contributed by atoms with van der Waals surface area (Å²) < 4.78 is 4.64. The van der Waals surface area contributed by atoms with Gasteiger partial charge < -0.3 is 15.8 Å². The zero-order valence-corrected chi connectivity index (χ0v) is 7.21. The summed E-state index contributed by atoms with van der Waals surface area (Å²) in [6, 6.07) is 0.512. The number of primary amides is 1. The van der Waals surface area contributed by atoms with Gasteiger partial charge in [0.25, 0.3) is 0 Å². The van der Waals surface area contributed by atoms with Crippen LogP contribution in [0.3, 0.4) is 0 Å². The second-order valence-electron chi connectivity index (χ2n) is 3.10. The molecule has 1 rings (SSSR count). The van der Waals surface area contributed by atoms with Gasteiger partial charge in [-0.05, 0) is 25.8 Å². The summed E-state index contributed by atoms with van der Waals surface area (Å²) in [6.45, 7) is 1.52. The maximum absolute atomic E-state index is 10.2. The zero-order valence-electron chi connectivity index (χ0n) is 7.21. The first-order valence-electron chi connectivity index (χ1n) is 4.44. The number of amides is 1. The van der Waals surface area contributed by atoms with Crippen LogP contribution in [0.15, 0.2) is 0 Å². The topological polar surface area (TPSA) is 64.4 Å². The lowest BCUT2D eigenvalue weighted by Gasteiger charge is -2.22. The van der Waals surface area contributed by atoms with Crippen molar-refractivity contribution < 1.29 is 9.53 Å². The van der Waals surface area contributed by atoms with Crippen molar-refractivity contribution in [1.29, 1.82) is 0 Å². The summed E-state index contributed by atoms with van der Waals surface area (Å²) in [4.78, 5) is 10.2. The van der Waals surface area contributed by atoms with Crippen LogP contribution in [0.25, 0.3) is 0 Å². The van der Waals surface area contributed by atoms with Gasteiger partial charge in [0.2, 0.25) is 0 Å². The van der Waals surface area contributed by atoms with Crippen molar-refractivity contribution in [3.63, 3.8) is 0 Å². The van der Waals surface area contributed by atoms with Crippen LogP contribution in [0, 0.1) is 0 Å². The van der Waals surface area contributed by atoms with Gasteiger partial charge in [0, 0.05) is 6.04 Å². The molecule has 1 saturated heterocycles. The molecule has 0 aromatic heterocycles. The van der Waals surface area contributed by atoms with E-state index in [-0.39, 0.29) is 0 Å². The number of rotatable bonds is 3. The summed E-state index contributed by atoms with van der Waals surface area (Å²) in [5, 5.41) is 3.36. The van der Waals surface area contributed by atoms with E-state index < -0.39 is 6.09 Å². The number of nitrogens with two attached hydrogens (primary N) is 1. The van der Waals surface area contributed by atoms with Gasteiger partial charge in [-0.3, -0.25) is 0 Å². The van der Waals surface area contributed by atoms with E-state index in [2.05, 4.69) is 10.1 Å². The Morgan fingerprint density at radius 1 is 1.58 bits per heavy atom. The van der Waals surface area contributed by atoms with Crippen molar-refractivity contribution >= 4 is 6.09 Å². The molecule has 0 aromatic rings. The molecule has 70 valence electrons. The highest BCUT2D eigenvalue weighted by molar-refractivity contribution is 5.64. The summed E-state index contributed by atoms with van der Waals surface area (Å²) >= 11 is 0. The fraction of sp³-hybridized carbons (Fsp3) is 0.875. The standard InChI is InChI=1S/C8H16N2O2/c9-8(11)12-6-4-7-3-1-2-5-10-7/h7,10H,1-6H2,(H2,9,11). The smallest absolute Gasteiger partial charge is 0.404 e. The van der Waals surface area contributed by atoms with Crippen molar-refractivity contribution in [3.05, 3.63) is 0 Å². The van der Waals surface area contributed by atoms with Crippen molar-refractivity contribution in [2.24, 2.45) is 5.73 Å². The lowest BCUT2D eigenvalue weighted by molar-refractivity contribution is 0.149. The van der Waals surface area contributed by atoms with E-state index in [0.29, 0.717) is 12.6 Å². The average molecular weight is 172 g/mol. The molecule has 1 amide bonds. The van der Waals surface area contributed by atoms with Crippen LogP contribution >= 0.6 is 0 Å². The average Bonchev–Trinajstić information content (AvgIpc) is 2.05. The van der Waals surface area contributed by atoms with Crippen LogP contribution in [0.5, 0.6) is 0 Å². The van der Waals surface area contributed by atoms with Gasteiger partial charge in [0.05, 0.1) is 6.61 Å². The molecule has 1 fully saturated rings. The van der Waals surface area contributed by atoms with Gasteiger partial charge in [0.15, 0.2) is 0 Å². The maximum atomic E-state index is 10.2. The van der Waals surface area contributed by atoms with Crippen molar-refractivity contribution in [3.8, 4) is 0 Å². The minimum Gasteiger partial charge on any atom is -0.450 e. The summed E-state index contributed by atoms with van der Waals surface area (Å²) in [6.07, 6.45) is 3.91. The number of piperidine rings is 1. The molecule has 0 radical (unpaired) electrons. The van der Waals surface area contributed by atoms with E-state index in [9.17, 15) is 4.79 Å². The van der Waals surface area contributed by atoms with Gasteiger partial charge in [-0.2, -0.15) is 0 Å². The molecule has 12 heavy (non-hydrogen) atoms. The second-order valence-corrected chi connectivity index (χ2v) is 3.10. The monoisotopic (exact) mass is 172 g/mol. The molecular formula is C8H16N2O2. The molecule has 0 bridgehead atoms. The van der Waals surface area contributed by atoms with Crippen LogP contribution in [0.4, 0.5) is 4.79 Å². The molecule has 0 spiro atoms. The first-order chi connectivity index (χ1) is 5.79. The SMILES string of the molecule is NC(=O)OCCC1CCCCN1. The summed E-state index contributed by atoms with van der Waals surface area (Å²) in [7, 11) is 0. The molecule has 1 aliphatic rings. The van der Waals surface area contributed by atoms with E-state index in [1.54, 1.807) is 0 Å². The lowest BCUT2D eigenvalue weighted by atomic mass is 10.0. The fourth-order valence-electron chi connectivity index (χ4n) is 1.47. The number of ether oxygens (including phenoxy) is 1. The highest BCUT2D eigenvalue weighted by Crippen LogP contribution is 2.09. The number of carbonyl (C=O) groups excluding carboxylic acids is 1. The first kappa shape index (κ1) is 9.32. The Morgan fingerprint density at radius 3 is 3.00 bits per heavy atom. The van der Waals surface area contributed by atoms with Crippen LogP contribution in [0.2, 0.25) is 0 Å². The third-order valence-corrected chi connectivity index (χ3v) is 2.12. The summed E-state index contributed by atoms with van der Waals surface area (Å²) in [5.74, 6) is 0. The van der Waals surface area contributed by atoms with Gasteiger partial charge in [-0.15, -0.1) is 0 Å². The molecule has 1 atom stereocenters. The lowest BCUT2D eigenvalue weighted by Crippen LogP contribution is -2.35. The fourth-order valence-corrected chi connectivity index (χ4v) is 1.47. The van der Waals surface area contributed by atoms with E-state index in [1.165, 1.54) is 19.3 Å². The Balaban J connectivity index is 2.01. The van der Waals surface area contributed by atoms with Crippen LogP contribution in [-0.4, -0.2) is 25.3 Å². The predicted molar refractivity (Wildman–Crippen MR) is 45.8 cm³/mol. The largest absolute Gasteiger partial charge is 0.450 e. The quantitative estimate of drug-likeness (QED) is 0.655. The predicted octanol–water partition coefficient (Wildman–Crippen LogP) is 0.614. The molecule has 3 N–H and O–H groups in total. The Hall–Kier alpha value is -0.770. The molecule has 1 heterocycles. The molecule has 1 aliphatic heterocycles. The van der Waals surface area contributed by atoms with E-state index >= 15 is 0 Å². The first-order valence-corrected chi connectivity index (χ1v) is 4.44. The molecule has 0 saturated carbocycles. The van der Waals surface area contributed by atoms with E-state index in [0.717, 1.165) is 13.0 Å². The molecule has 4 nitrogen and oxygen atoms in total.